The van der Waals surface area contributed by atoms with E-state index in [1.807, 2.05) is 0 Å². The van der Waals surface area contributed by atoms with Crippen LogP contribution in [-0.2, 0) is 9.53 Å². The molecule has 0 aliphatic carbocycles. The minimum absolute atomic E-state index is 0.367. The molecule has 0 spiro atoms. The van der Waals surface area contributed by atoms with Crippen molar-refractivity contribution >= 4 is 29.2 Å². The van der Waals surface area contributed by atoms with Crippen molar-refractivity contribution in [2.75, 3.05) is 25.1 Å². The minimum Gasteiger partial charge on any atom is -0.367 e. The second-order valence-electron chi connectivity index (χ2n) is 2.21. The quantitative estimate of drug-likeness (QED) is 0.540. The number of halogens is 1. The summed E-state index contributed by atoms with van der Waals surface area (Å²) in [5, 5.41) is 0. The Balaban J connectivity index is 3.28. The van der Waals surface area contributed by atoms with Gasteiger partial charge in [0.25, 0.3) is 0 Å². The van der Waals surface area contributed by atoms with Crippen LogP contribution in [0.5, 0.6) is 0 Å². The Bertz CT molecular complexity index is 135. The Morgan fingerprint density at radius 1 is 1.70 bits per heavy atom. The lowest BCUT2D eigenvalue weighted by molar-refractivity contribution is 0.216. The van der Waals surface area contributed by atoms with Gasteiger partial charge in [-0.1, -0.05) is 0 Å². The maximum absolute atomic E-state index is 9.66. The van der Waals surface area contributed by atoms with Gasteiger partial charge in [-0.25, -0.2) is 4.79 Å². The molecule has 2 nitrogen and oxygen atoms in total. The Labute approximate surface area is 70.2 Å². The summed E-state index contributed by atoms with van der Waals surface area (Å²) in [6.07, 6.45) is 5.49. The Kier molecular flexibility index (Phi) is 5.09. The summed E-state index contributed by atoms with van der Waals surface area (Å²) in [6.45, 7) is 0.367. The third kappa shape index (κ3) is 8.24. The van der Waals surface area contributed by atoms with Crippen molar-refractivity contribution in [1.82, 2.24) is 0 Å². The molecule has 60 valence electrons. The highest BCUT2D eigenvalue weighted by Gasteiger charge is 2.04. The van der Waals surface area contributed by atoms with E-state index in [9.17, 15) is 4.79 Å². The van der Waals surface area contributed by atoms with Gasteiger partial charge in [-0.15, -0.1) is 0 Å². The summed E-state index contributed by atoms with van der Waals surface area (Å²) in [4.78, 5) is 9.66. The number of hydrogen-bond acceptors (Lipinski definition) is 2. The van der Waals surface area contributed by atoms with Crippen LogP contribution in [-0.4, -0.2) is 31.0 Å². The Hall–Kier alpha value is 0.240. The molecule has 0 bridgehead atoms. The predicted octanol–water partition coefficient (Wildman–Crippen LogP) is 1.72. The van der Waals surface area contributed by atoms with Crippen LogP contribution in [0.4, 0.5) is 0 Å². The molecule has 0 saturated heterocycles. The molecule has 0 atom stereocenters. The molecular formula is C6H11BrO2S. The molecular weight excluding hydrogens is 216 g/mol. The largest absolute Gasteiger partial charge is 0.367 e. The van der Waals surface area contributed by atoms with Gasteiger partial charge in [-0.2, -0.15) is 8.46 Å². The zero-order valence-electron chi connectivity index (χ0n) is 6.09. The number of rotatable bonds is 4. The van der Waals surface area contributed by atoms with Gasteiger partial charge in [0.05, 0.1) is 12.5 Å². The first kappa shape index (κ1) is 10.2. The molecule has 0 aliphatic heterocycles. The fourth-order valence-corrected chi connectivity index (χ4v) is 1.23. The van der Waals surface area contributed by atoms with Crippen molar-refractivity contribution in [2.45, 2.75) is 0 Å². The molecule has 0 radical (unpaired) electrons. The van der Waals surface area contributed by atoms with Crippen LogP contribution in [0.2, 0.25) is 0 Å². The van der Waals surface area contributed by atoms with Crippen LogP contribution in [0.25, 0.3) is 0 Å². The standard InChI is InChI=1S/C6H11BrO2S/c1-10(2,7)6-9-5-3-4-8/h3H,5-6H2,1-2H3. The van der Waals surface area contributed by atoms with Gasteiger partial charge in [0.2, 0.25) is 0 Å². The van der Waals surface area contributed by atoms with E-state index >= 15 is 0 Å². The molecule has 0 N–H and O–H groups in total. The zero-order valence-corrected chi connectivity index (χ0v) is 8.50. The third-order valence-electron chi connectivity index (χ3n) is 0.648. The van der Waals surface area contributed by atoms with E-state index in [-0.39, 0.29) is 0 Å². The molecule has 0 aromatic rings. The molecule has 0 aromatic carbocycles. The second kappa shape index (κ2) is 4.97. The highest BCUT2D eigenvalue weighted by Crippen LogP contribution is 2.47. The first-order chi connectivity index (χ1) is 4.56. The topological polar surface area (TPSA) is 26.3 Å². The molecule has 4 heteroatoms. The molecule has 0 unspecified atom stereocenters. The smallest absolute Gasteiger partial charge is 0.122 e. The van der Waals surface area contributed by atoms with Crippen molar-refractivity contribution in [2.24, 2.45) is 0 Å². The number of ether oxygens (including phenoxy) is 1. The van der Waals surface area contributed by atoms with Crippen LogP contribution < -0.4 is 0 Å². The van der Waals surface area contributed by atoms with Crippen LogP contribution in [0, 0.1) is 0 Å². The first-order valence-corrected chi connectivity index (χ1v) is 7.20. The Morgan fingerprint density at radius 2 is 2.30 bits per heavy atom. The van der Waals surface area contributed by atoms with Crippen molar-refractivity contribution < 1.29 is 9.53 Å². The van der Waals surface area contributed by atoms with Crippen molar-refractivity contribution in [3.05, 3.63) is 6.08 Å². The van der Waals surface area contributed by atoms with Crippen LogP contribution in [0.15, 0.2) is 6.08 Å². The molecule has 0 fully saturated rings. The normalized spacial score (nSPS) is 12.3. The molecule has 0 aromatic heterocycles. The van der Waals surface area contributed by atoms with E-state index in [1.165, 1.54) is 6.08 Å². The van der Waals surface area contributed by atoms with Crippen LogP contribution in [0.3, 0.4) is 0 Å². The summed E-state index contributed by atoms with van der Waals surface area (Å²) in [5.74, 6) is 2.32. The summed E-state index contributed by atoms with van der Waals surface area (Å²) >= 11 is 3.48. The number of hydrogen-bond donors (Lipinski definition) is 0. The Morgan fingerprint density at radius 3 is 2.70 bits per heavy atom. The third-order valence-corrected chi connectivity index (χ3v) is 1.94. The van der Waals surface area contributed by atoms with Gasteiger partial charge in [0.1, 0.15) is 5.94 Å². The van der Waals surface area contributed by atoms with E-state index in [1.54, 1.807) is 5.94 Å². The average molecular weight is 227 g/mol. The van der Waals surface area contributed by atoms with E-state index in [0.717, 1.165) is 0 Å². The van der Waals surface area contributed by atoms with Gasteiger partial charge in [-0.3, -0.25) is 0 Å². The van der Waals surface area contributed by atoms with Crippen molar-refractivity contribution in [3.63, 3.8) is 0 Å². The molecule has 0 rings (SSSR count). The molecule has 0 saturated carbocycles. The van der Waals surface area contributed by atoms with Gasteiger partial charge in [-0.05, 0) is 27.3 Å². The van der Waals surface area contributed by atoms with Crippen LogP contribution in [0.1, 0.15) is 0 Å². The lowest BCUT2D eigenvalue weighted by Crippen LogP contribution is -1.98. The molecule has 0 heterocycles. The predicted molar refractivity (Wildman–Crippen MR) is 49.4 cm³/mol. The molecule has 0 aliphatic rings. The summed E-state index contributed by atoms with van der Waals surface area (Å²) in [6, 6.07) is 0. The summed E-state index contributed by atoms with van der Waals surface area (Å²) < 4.78 is 5.11. The van der Waals surface area contributed by atoms with Crippen molar-refractivity contribution in [1.29, 1.82) is 0 Å². The number of carbonyl (C=O) groups excluding carboxylic acids is 1. The van der Waals surface area contributed by atoms with Gasteiger partial charge >= 0.3 is 0 Å². The first-order valence-electron chi connectivity index (χ1n) is 2.74. The second-order valence-corrected chi connectivity index (χ2v) is 10.5. The van der Waals surface area contributed by atoms with Crippen LogP contribution >= 0.6 is 23.3 Å². The summed E-state index contributed by atoms with van der Waals surface area (Å²) in [5.41, 5.74) is 0. The highest BCUT2D eigenvalue weighted by molar-refractivity contribution is 9.58. The van der Waals surface area contributed by atoms with Gasteiger partial charge in [0, 0.05) is 6.08 Å². The maximum Gasteiger partial charge on any atom is 0.122 e. The zero-order chi connectivity index (χ0) is 8.04. The van der Waals surface area contributed by atoms with Crippen molar-refractivity contribution in [3.8, 4) is 0 Å². The minimum atomic E-state index is -0.764. The molecule has 0 amide bonds. The van der Waals surface area contributed by atoms with E-state index in [4.69, 9.17) is 4.74 Å². The fraction of sp³-hybridized carbons (Fsp3) is 0.667. The monoisotopic (exact) mass is 226 g/mol. The highest BCUT2D eigenvalue weighted by atomic mass is 79.9. The lowest BCUT2D eigenvalue weighted by Gasteiger charge is -2.20. The fourth-order valence-electron chi connectivity index (χ4n) is 0.339. The van der Waals surface area contributed by atoms with Gasteiger partial charge in [0.15, 0.2) is 0 Å². The molecule has 10 heavy (non-hydrogen) atoms. The SMILES string of the molecule is CS(C)(Br)COCC=C=O. The summed E-state index contributed by atoms with van der Waals surface area (Å²) in [7, 11) is -0.764. The lowest BCUT2D eigenvalue weighted by atomic mass is 10.7. The average Bonchev–Trinajstić information content (AvgIpc) is 1.78. The maximum atomic E-state index is 9.66. The van der Waals surface area contributed by atoms with E-state index < -0.39 is 8.46 Å². The van der Waals surface area contributed by atoms with E-state index in [2.05, 4.69) is 27.3 Å². The van der Waals surface area contributed by atoms with Gasteiger partial charge < -0.3 is 4.74 Å². The van der Waals surface area contributed by atoms with E-state index in [0.29, 0.717) is 12.5 Å².